The lowest BCUT2D eigenvalue weighted by atomic mass is 10.2. The van der Waals surface area contributed by atoms with Crippen LogP contribution in [0.2, 0.25) is 10.0 Å². The van der Waals surface area contributed by atoms with Gasteiger partial charge in [0.25, 0.3) is 0 Å². The van der Waals surface area contributed by atoms with Gasteiger partial charge < -0.3 is 10.3 Å². The molecular weight excluding hydrogens is 425 g/mol. The van der Waals surface area contributed by atoms with Crippen molar-refractivity contribution in [3.63, 3.8) is 0 Å². The van der Waals surface area contributed by atoms with Gasteiger partial charge in [0, 0.05) is 27.0 Å². The molecule has 2 N–H and O–H groups in total. The molecule has 4 aromatic rings. The molecule has 0 aliphatic carbocycles. The monoisotopic (exact) mass is 441 g/mol. The first-order valence-electron chi connectivity index (χ1n) is 8.96. The predicted molar refractivity (Wildman–Crippen MR) is 123 cm³/mol. The van der Waals surface area contributed by atoms with E-state index in [1.165, 1.54) is 11.8 Å². The zero-order chi connectivity index (χ0) is 20.2. The number of aromatic nitrogens is 2. The molecule has 0 saturated carbocycles. The third kappa shape index (κ3) is 4.75. The summed E-state index contributed by atoms with van der Waals surface area (Å²) in [6.07, 6.45) is 0. The van der Waals surface area contributed by atoms with Gasteiger partial charge in [0.05, 0.1) is 16.8 Å². The van der Waals surface area contributed by atoms with E-state index in [0.717, 1.165) is 33.7 Å². The zero-order valence-corrected chi connectivity index (χ0v) is 17.6. The maximum Gasteiger partial charge on any atom is 0.234 e. The van der Waals surface area contributed by atoms with Crippen molar-refractivity contribution in [3.8, 4) is 11.4 Å². The second-order valence-corrected chi connectivity index (χ2v) is 8.22. The molecule has 1 aromatic heterocycles. The maximum absolute atomic E-state index is 12.3. The lowest BCUT2D eigenvalue weighted by Crippen LogP contribution is -2.14. The van der Waals surface area contributed by atoms with Crippen LogP contribution in [0, 0.1) is 0 Å². The number of halogens is 2. The van der Waals surface area contributed by atoms with Crippen LogP contribution >= 0.6 is 35.0 Å². The topological polar surface area (TPSA) is 57.8 Å². The number of rotatable bonds is 6. The number of H-pyrrole nitrogens is 1. The summed E-state index contributed by atoms with van der Waals surface area (Å²) in [5.74, 6) is 1.56. The van der Waals surface area contributed by atoms with Crippen LogP contribution in [0.25, 0.3) is 22.4 Å². The lowest BCUT2D eigenvalue weighted by molar-refractivity contribution is -0.113. The van der Waals surface area contributed by atoms with E-state index in [0.29, 0.717) is 21.6 Å². The minimum atomic E-state index is -0.0834. The van der Waals surface area contributed by atoms with Crippen LogP contribution in [0.5, 0.6) is 0 Å². The Bertz CT molecular complexity index is 1120. The Kier molecular flexibility index (Phi) is 6.09. The van der Waals surface area contributed by atoms with E-state index < -0.39 is 0 Å². The van der Waals surface area contributed by atoms with Gasteiger partial charge in [-0.05, 0) is 42.0 Å². The summed E-state index contributed by atoms with van der Waals surface area (Å²) in [6.45, 7) is 0. The number of hydrogen-bond acceptors (Lipinski definition) is 3. The van der Waals surface area contributed by atoms with Crippen LogP contribution in [0.1, 0.15) is 5.56 Å². The van der Waals surface area contributed by atoms with Gasteiger partial charge in [0.1, 0.15) is 5.82 Å². The van der Waals surface area contributed by atoms with Crippen molar-refractivity contribution in [2.24, 2.45) is 0 Å². The van der Waals surface area contributed by atoms with Gasteiger partial charge in [0.15, 0.2) is 0 Å². The van der Waals surface area contributed by atoms with E-state index in [1.54, 1.807) is 18.2 Å². The third-order valence-electron chi connectivity index (χ3n) is 4.35. The molecule has 0 spiro atoms. The summed E-state index contributed by atoms with van der Waals surface area (Å²) < 4.78 is 0. The standard InChI is InChI=1S/C22H17Cl2N3OS/c23-17-7-4-8-18(24)16(17)12-29-13-21(28)25-15-6-3-5-14(11-15)22-26-19-9-1-2-10-20(19)27-22/h1-11H,12-13H2,(H,25,28)(H,26,27). The fraction of sp³-hybridized carbons (Fsp3) is 0.0909. The molecule has 4 nitrogen and oxygen atoms in total. The zero-order valence-electron chi connectivity index (χ0n) is 15.3. The van der Waals surface area contributed by atoms with Crippen LogP contribution in [-0.2, 0) is 10.5 Å². The highest BCUT2D eigenvalue weighted by molar-refractivity contribution is 7.99. The molecule has 4 rings (SSSR count). The van der Waals surface area contributed by atoms with E-state index >= 15 is 0 Å². The highest BCUT2D eigenvalue weighted by atomic mass is 35.5. The number of benzene rings is 3. The Morgan fingerprint density at radius 1 is 1.00 bits per heavy atom. The number of thioether (sulfide) groups is 1. The summed E-state index contributed by atoms with van der Waals surface area (Å²) in [5, 5.41) is 4.16. The van der Waals surface area contributed by atoms with Crippen molar-refractivity contribution in [2.45, 2.75) is 5.75 Å². The normalized spacial score (nSPS) is 11.0. The van der Waals surface area contributed by atoms with Gasteiger partial charge in [-0.1, -0.05) is 53.5 Å². The fourth-order valence-electron chi connectivity index (χ4n) is 2.95. The molecule has 0 saturated heterocycles. The van der Waals surface area contributed by atoms with Crippen molar-refractivity contribution in [2.75, 3.05) is 11.1 Å². The van der Waals surface area contributed by atoms with Gasteiger partial charge in [-0.15, -0.1) is 11.8 Å². The van der Waals surface area contributed by atoms with Crippen LogP contribution in [0.3, 0.4) is 0 Å². The summed E-state index contributed by atoms with van der Waals surface area (Å²) in [5.41, 5.74) is 4.37. The van der Waals surface area contributed by atoms with Crippen LogP contribution in [0.4, 0.5) is 5.69 Å². The van der Waals surface area contributed by atoms with Crippen molar-refractivity contribution in [1.29, 1.82) is 0 Å². The summed E-state index contributed by atoms with van der Waals surface area (Å²) in [4.78, 5) is 20.2. The molecule has 29 heavy (non-hydrogen) atoms. The number of anilines is 1. The number of carbonyl (C=O) groups is 1. The number of fused-ring (bicyclic) bond motifs is 1. The molecule has 1 heterocycles. The largest absolute Gasteiger partial charge is 0.338 e. The molecule has 3 aromatic carbocycles. The molecule has 0 fully saturated rings. The number of amides is 1. The Morgan fingerprint density at radius 2 is 1.76 bits per heavy atom. The molecule has 7 heteroatoms. The van der Waals surface area contributed by atoms with Crippen molar-refractivity contribution in [1.82, 2.24) is 9.97 Å². The first kappa shape index (κ1) is 19.8. The smallest absolute Gasteiger partial charge is 0.234 e. The minimum absolute atomic E-state index is 0.0834. The first-order valence-corrected chi connectivity index (χ1v) is 10.9. The predicted octanol–water partition coefficient (Wildman–Crippen LogP) is 6.41. The van der Waals surface area contributed by atoms with Crippen LogP contribution in [-0.4, -0.2) is 21.6 Å². The second kappa shape index (κ2) is 8.91. The molecular formula is C22H17Cl2N3OS. The number of imidazole rings is 1. The van der Waals surface area contributed by atoms with Gasteiger partial charge in [0.2, 0.25) is 5.91 Å². The summed E-state index contributed by atoms with van der Waals surface area (Å²) in [6, 6.07) is 20.9. The number of para-hydroxylation sites is 2. The van der Waals surface area contributed by atoms with E-state index in [1.807, 2.05) is 48.5 Å². The molecule has 0 aliphatic rings. The average Bonchev–Trinajstić information content (AvgIpc) is 3.15. The molecule has 0 bridgehead atoms. The first-order chi connectivity index (χ1) is 14.1. The van der Waals surface area contributed by atoms with Crippen LogP contribution < -0.4 is 5.32 Å². The number of nitrogens with zero attached hydrogens (tertiary/aromatic N) is 1. The Hall–Kier alpha value is -2.47. The Labute approximate surface area is 182 Å². The van der Waals surface area contributed by atoms with Gasteiger partial charge in [-0.3, -0.25) is 4.79 Å². The van der Waals surface area contributed by atoms with Crippen molar-refractivity contribution in [3.05, 3.63) is 82.3 Å². The minimum Gasteiger partial charge on any atom is -0.338 e. The Morgan fingerprint density at radius 3 is 2.55 bits per heavy atom. The second-order valence-electron chi connectivity index (χ2n) is 6.42. The van der Waals surface area contributed by atoms with Gasteiger partial charge in [-0.25, -0.2) is 4.98 Å². The Balaban J connectivity index is 1.39. The quantitative estimate of drug-likeness (QED) is 0.363. The molecule has 146 valence electrons. The highest BCUT2D eigenvalue weighted by Crippen LogP contribution is 2.28. The third-order valence-corrected chi connectivity index (χ3v) is 6.02. The van der Waals surface area contributed by atoms with E-state index in [2.05, 4.69) is 15.3 Å². The molecule has 0 atom stereocenters. The average molecular weight is 442 g/mol. The molecule has 0 aliphatic heterocycles. The number of hydrogen-bond donors (Lipinski definition) is 2. The van der Waals surface area contributed by atoms with Gasteiger partial charge >= 0.3 is 0 Å². The van der Waals surface area contributed by atoms with Crippen molar-refractivity contribution >= 4 is 57.6 Å². The van der Waals surface area contributed by atoms with E-state index in [9.17, 15) is 4.79 Å². The number of aromatic amines is 1. The van der Waals surface area contributed by atoms with Crippen molar-refractivity contribution < 1.29 is 4.79 Å². The molecule has 0 unspecified atom stereocenters. The number of nitrogens with one attached hydrogen (secondary N) is 2. The summed E-state index contributed by atoms with van der Waals surface area (Å²) in [7, 11) is 0. The highest BCUT2D eigenvalue weighted by Gasteiger charge is 2.09. The fourth-order valence-corrected chi connectivity index (χ4v) is 4.51. The van der Waals surface area contributed by atoms with Crippen LogP contribution in [0.15, 0.2) is 66.7 Å². The maximum atomic E-state index is 12.3. The lowest BCUT2D eigenvalue weighted by Gasteiger charge is -2.08. The van der Waals surface area contributed by atoms with E-state index in [4.69, 9.17) is 23.2 Å². The number of carbonyl (C=O) groups excluding carboxylic acids is 1. The van der Waals surface area contributed by atoms with Gasteiger partial charge in [-0.2, -0.15) is 0 Å². The summed E-state index contributed by atoms with van der Waals surface area (Å²) >= 11 is 13.8. The SMILES string of the molecule is O=C(CSCc1c(Cl)cccc1Cl)Nc1cccc(-c2nc3ccccc3[nH]2)c1. The molecule has 1 amide bonds. The molecule has 0 radical (unpaired) electrons. The van der Waals surface area contributed by atoms with E-state index in [-0.39, 0.29) is 5.91 Å².